The summed E-state index contributed by atoms with van der Waals surface area (Å²) in [6.07, 6.45) is 2.56. The molecule has 8 nitrogen and oxygen atoms in total. The average Bonchev–Trinajstić information content (AvgIpc) is 3.13. The summed E-state index contributed by atoms with van der Waals surface area (Å²) in [5.41, 5.74) is 0.576. The summed E-state index contributed by atoms with van der Waals surface area (Å²) in [4.78, 5) is 16.0. The minimum absolute atomic E-state index is 0.0170. The largest absolute Gasteiger partial charge is 0.419 e. The van der Waals surface area contributed by atoms with Crippen molar-refractivity contribution in [2.45, 2.75) is 25.3 Å². The molecule has 1 fully saturated rings. The van der Waals surface area contributed by atoms with E-state index in [-0.39, 0.29) is 29.9 Å². The highest BCUT2D eigenvalue weighted by Crippen LogP contribution is 2.15. The van der Waals surface area contributed by atoms with E-state index in [0.717, 1.165) is 0 Å². The molecule has 1 amide bonds. The molecule has 3 rings (SSSR count). The SMILES string of the molecule is O=C(CCc1nnc(-c2ccccn2)o1)NC1CCS(=O)(=O)C1. The third-order valence-electron chi connectivity index (χ3n) is 3.51. The van der Waals surface area contributed by atoms with Gasteiger partial charge in [0.15, 0.2) is 9.84 Å². The highest BCUT2D eigenvalue weighted by atomic mass is 32.2. The molecule has 0 aliphatic carbocycles. The van der Waals surface area contributed by atoms with E-state index in [9.17, 15) is 13.2 Å². The van der Waals surface area contributed by atoms with Gasteiger partial charge in [-0.1, -0.05) is 6.07 Å². The Morgan fingerprint density at radius 1 is 1.35 bits per heavy atom. The van der Waals surface area contributed by atoms with Gasteiger partial charge in [-0.15, -0.1) is 10.2 Å². The summed E-state index contributed by atoms with van der Waals surface area (Å²) >= 11 is 0. The van der Waals surface area contributed by atoms with Crippen LogP contribution in [0, 0.1) is 0 Å². The van der Waals surface area contributed by atoms with Crippen LogP contribution in [0.5, 0.6) is 0 Å². The summed E-state index contributed by atoms with van der Waals surface area (Å²) in [6, 6.07) is 5.06. The lowest BCUT2D eigenvalue weighted by atomic mass is 10.2. The number of sulfone groups is 1. The molecule has 2 aromatic rings. The molecule has 9 heteroatoms. The van der Waals surface area contributed by atoms with Crippen LogP contribution < -0.4 is 5.32 Å². The van der Waals surface area contributed by atoms with Gasteiger partial charge in [0, 0.05) is 25.1 Å². The number of carbonyl (C=O) groups excluding carboxylic acids is 1. The van der Waals surface area contributed by atoms with E-state index in [1.165, 1.54) is 0 Å². The second-order valence-corrected chi connectivity index (χ2v) is 7.61. The van der Waals surface area contributed by atoms with E-state index in [2.05, 4.69) is 20.5 Å². The lowest BCUT2D eigenvalue weighted by molar-refractivity contribution is -0.121. The van der Waals surface area contributed by atoms with Gasteiger partial charge < -0.3 is 9.73 Å². The molecule has 0 saturated carbocycles. The van der Waals surface area contributed by atoms with Crippen LogP contribution in [0.25, 0.3) is 11.6 Å². The third kappa shape index (κ3) is 4.13. The van der Waals surface area contributed by atoms with Gasteiger partial charge in [-0.2, -0.15) is 0 Å². The van der Waals surface area contributed by atoms with Crippen molar-refractivity contribution in [1.82, 2.24) is 20.5 Å². The maximum atomic E-state index is 11.9. The van der Waals surface area contributed by atoms with Gasteiger partial charge in [0.05, 0.1) is 11.5 Å². The summed E-state index contributed by atoms with van der Waals surface area (Å²) in [6.45, 7) is 0. The van der Waals surface area contributed by atoms with Crippen LogP contribution in [-0.4, -0.2) is 47.1 Å². The number of aryl methyl sites for hydroxylation is 1. The van der Waals surface area contributed by atoms with Crippen molar-refractivity contribution < 1.29 is 17.6 Å². The predicted octanol–water partition coefficient (Wildman–Crippen LogP) is 0.367. The van der Waals surface area contributed by atoms with Crippen molar-refractivity contribution in [3.63, 3.8) is 0 Å². The molecule has 122 valence electrons. The summed E-state index contributed by atoms with van der Waals surface area (Å²) < 4.78 is 28.2. The standard InChI is InChI=1S/C14H16N4O4S/c19-12(16-10-6-8-23(20,21)9-10)4-5-13-17-18-14(22-13)11-3-1-2-7-15-11/h1-3,7,10H,4-6,8-9H2,(H,16,19). The van der Waals surface area contributed by atoms with Gasteiger partial charge in [0.2, 0.25) is 11.8 Å². The smallest absolute Gasteiger partial charge is 0.266 e. The van der Waals surface area contributed by atoms with Crippen LogP contribution in [-0.2, 0) is 21.1 Å². The van der Waals surface area contributed by atoms with Crippen molar-refractivity contribution in [3.8, 4) is 11.6 Å². The van der Waals surface area contributed by atoms with Gasteiger partial charge in [-0.3, -0.25) is 9.78 Å². The first-order chi connectivity index (χ1) is 11.0. The lowest BCUT2D eigenvalue weighted by Gasteiger charge is -2.09. The van der Waals surface area contributed by atoms with Crippen molar-refractivity contribution >= 4 is 15.7 Å². The fourth-order valence-corrected chi connectivity index (χ4v) is 4.05. The summed E-state index contributed by atoms with van der Waals surface area (Å²) in [5, 5.41) is 10.5. The molecule has 3 heterocycles. The molecule has 1 unspecified atom stereocenters. The number of hydrogen-bond donors (Lipinski definition) is 1. The molecule has 1 atom stereocenters. The van der Waals surface area contributed by atoms with E-state index in [4.69, 9.17) is 4.42 Å². The average molecular weight is 336 g/mol. The Labute approximate surface area is 133 Å². The first-order valence-corrected chi connectivity index (χ1v) is 9.07. The van der Waals surface area contributed by atoms with Crippen LogP contribution in [0.15, 0.2) is 28.8 Å². The molecule has 1 N–H and O–H groups in total. The molecule has 1 aliphatic heterocycles. The predicted molar refractivity (Wildman–Crippen MR) is 81.1 cm³/mol. The van der Waals surface area contributed by atoms with Crippen LogP contribution in [0.3, 0.4) is 0 Å². The number of nitrogens with zero attached hydrogens (tertiary/aromatic N) is 3. The maximum absolute atomic E-state index is 11.9. The van der Waals surface area contributed by atoms with Gasteiger partial charge in [-0.05, 0) is 18.6 Å². The molecular formula is C14H16N4O4S. The zero-order valence-electron chi connectivity index (χ0n) is 12.3. The fourth-order valence-electron chi connectivity index (χ4n) is 2.38. The third-order valence-corrected chi connectivity index (χ3v) is 5.28. The first kappa shape index (κ1) is 15.6. The minimum Gasteiger partial charge on any atom is -0.419 e. The van der Waals surface area contributed by atoms with Crippen LogP contribution in [0.2, 0.25) is 0 Å². The topological polar surface area (TPSA) is 115 Å². The molecule has 2 aromatic heterocycles. The Morgan fingerprint density at radius 3 is 2.91 bits per heavy atom. The molecular weight excluding hydrogens is 320 g/mol. The summed E-state index contributed by atoms with van der Waals surface area (Å²) in [7, 11) is -3.00. The van der Waals surface area contributed by atoms with Crippen LogP contribution in [0.1, 0.15) is 18.7 Å². The van der Waals surface area contributed by atoms with E-state index in [1.54, 1.807) is 18.3 Å². The fraction of sp³-hybridized carbons (Fsp3) is 0.429. The highest BCUT2D eigenvalue weighted by molar-refractivity contribution is 7.91. The molecule has 23 heavy (non-hydrogen) atoms. The maximum Gasteiger partial charge on any atom is 0.266 e. The zero-order valence-corrected chi connectivity index (χ0v) is 13.1. The van der Waals surface area contributed by atoms with Gasteiger partial charge in [0.25, 0.3) is 5.89 Å². The quantitative estimate of drug-likeness (QED) is 0.838. The number of pyridine rings is 1. The lowest BCUT2D eigenvalue weighted by Crippen LogP contribution is -2.35. The van der Waals surface area contributed by atoms with Gasteiger partial charge in [-0.25, -0.2) is 8.42 Å². The summed E-state index contributed by atoms with van der Waals surface area (Å²) in [5.74, 6) is 0.588. The van der Waals surface area contributed by atoms with Crippen LogP contribution in [0.4, 0.5) is 0 Å². The van der Waals surface area contributed by atoms with Crippen molar-refractivity contribution in [2.24, 2.45) is 0 Å². The molecule has 1 aliphatic rings. The van der Waals surface area contributed by atoms with Gasteiger partial charge >= 0.3 is 0 Å². The van der Waals surface area contributed by atoms with E-state index in [0.29, 0.717) is 30.3 Å². The van der Waals surface area contributed by atoms with E-state index >= 15 is 0 Å². The van der Waals surface area contributed by atoms with Gasteiger partial charge in [0.1, 0.15) is 5.69 Å². The zero-order chi connectivity index (χ0) is 16.3. The molecule has 0 bridgehead atoms. The Morgan fingerprint density at radius 2 is 2.22 bits per heavy atom. The second-order valence-electron chi connectivity index (χ2n) is 5.38. The molecule has 0 spiro atoms. The Kier molecular flexibility index (Phi) is 4.37. The Balaban J connectivity index is 1.51. The first-order valence-electron chi connectivity index (χ1n) is 7.25. The molecule has 0 aromatic carbocycles. The molecule has 0 radical (unpaired) electrons. The number of hydrogen-bond acceptors (Lipinski definition) is 7. The number of nitrogens with one attached hydrogen (secondary N) is 1. The molecule has 1 saturated heterocycles. The van der Waals surface area contributed by atoms with Crippen molar-refractivity contribution in [1.29, 1.82) is 0 Å². The normalized spacial score (nSPS) is 19.6. The number of carbonyl (C=O) groups is 1. The highest BCUT2D eigenvalue weighted by Gasteiger charge is 2.28. The van der Waals surface area contributed by atoms with E-state index < -0.39 is 9.84 Å². The number of aromatic nitrogens is 3. The second kappa shape index (κ2) is 6.45. The van der Waals surface area contributed by atoms with Crippen molar-refractivity contribution in [2.75, 3.05) is 11.5 Å². The van der Waals surface area contributed by atoms with E-state index in [1.807, 2.05) is 6.07 Å². The van der Waals surface area contributed by atoms with Crippen LogP contribution >= 0.6 is 0 Å². The Hall–Kier alpha value is -2.29. The number of amides is 1. The minimum atomic E-state index is -3.00. The Bertz CT molecular complexity index is 788. The number of rotatable bonds is 5. The van der Waals surface area contributed by atoms with Crippen molar-refractivity contribution in [3.05, 3.63) is 30.3 Å². The monoisotopic (exact) mass is 336 g/mol.